The predicted molar refractivity (Wildman–Crippen MR) is 82.4 cm³/mol. The fraction of sp³-hybridized carbons (Fsp3) is 0.733. The number of nitrogens with one attached hydrogen (secondary N) is 1. The van der Waals surface area contributed by atoms with Crippen LogP contribution in [0.2, 0.25) is 0 Å². The smallest absolute Gasteiger partial charge is 0.118 e. The fourth-order valence-electron chi connectivity index (χ4n) is 2.28. The van der Waals surface area contributed by atoms with Crippen LogP contribution < -0.4 is 5.32 Å². The molecule has 3 nitrogen and oxygen atoms in total. The first-order valence-corrected chi connectivity index (χ1v) is 8.40. The first-order chi connectivity index (χ1) is 9.15. The van der Waals surface area contributed by atoms with Crippen LogP contribution in [0.25, 0.3) is 0 Å². The van der Waals surface area contributed by atoms with Gasteiger partial charge in [-0.15, -0.1) is 0 Å². The van der Waals surface area contributed by atoms with Crippen molar-refractivity contribution < 1.29 is 4.42 Å². The summed E-state index contributed by atoms with van der Waals surface area (Å²) in [6.07, 6.45) is 0. The van der Waals surface area contributed by atoms with Crippen molar-refractivity contribution in [2.45, 2.75) is 39.9 Å². The van der Waals surface area contributed by atoms with E-state index in [1.165, 1.54) is 18.1 Å². The third-order valence-corrected chi connectivity index (χ3v) is 4.62. The summed E-state index contributed by atoms with van der Waals surface area (Å²) in [5.74, 6) is 5.31. The van der Waals surface area contributed by atoms with E-state index in [4.69, 9.17) is 4.42 Å². The molecule has 19 heavy (non-hydrogen) atoms. The lowest BCUT2D eigenvalue weighted by molar-refractivity contribution is 0.204. The van der Waals surface area contributed by atoms with Crippen LogP contribution in [-0.4, -0.2) is 35.5 Å². The molecule has 2 rings (SSSR count). The van der Waals surface area contributed by atoms with E-state index in [2.05, 4.69) is 54.9 Å². The van der Waals surface area contributed by atoms with E-state index < -0.39 is 0 Å². The summed E-state index contributed by atoms with van der Waals surface area (Å²) in [5.41, 5.74) is 0. The van der Waals surface area contributed by atoms with Gasteiger partial charge in [-0.3, -0.25) is 4.90 Å². The van der Waals surface area contributed by atoms with Gasteiger partial charge in [-0.2, -0.15) is 11.8 Å². The first-order valence-electron chi connectivity index (χ1n) is 7.25. The van der Waals surface area contributed by atoms with E-state index in [1.807, 2.05) is 0 Å². The first kappa shape index (κ1) is 14.9. The van der Waals surface area contributed by atoms with Gasteiger partial charge in [-0.25, -0.2) is 0 Å². The van der Waals surface area contributed by atoms with Gasteiger partial charge >= 0.3 is 0 Å². The lowest BCUT2D eigenvalue weighted by Crippen LogP contribution is -2.39. The SMILES string of the molecule is CC(C)CNCc1ccc(CN2CCSCC2C)o1. The molecule has 0 aromatic carbocycles. The van der Waals surface area contributed by atoms with Gasteiger partial charge in [0.25, 0.3) is 0 Å². The molecule has 0 spiro atoms. The number of hydrogen-bond donors (Lipinski definition) is 1. The molecule has 1 aliphatic rings. The van der Waals surface area contributed by atoms with Crippen LogP contribution in [0.15, 0.2) is 16.5 Å². The minimum Gasteiger partial charge on any atom is -0.463 e. The van der Waals surface area contributed by atoms with Gasteiger partial charge < -0.3 is 9.73 Å². The lowest BCUT2D eigenvalue weighted by atomic mass is 10.2. The molecule has 0 amide bonds. The van der Waals surface area contributed by atoms with Gasteiger partial charge in [-0.1, -0.05) is 13.8 Å². The number of furan rings is 1. The van der Waals surface area contributed by atoms with Gasteiger partial charge in [0.1, 0.15) is 11.5 Å². The number of rotatable bonds is 6. The van der Waals surface area contributed by atoms with Crippen molar-refractivity contribution in [3.05, 3.63) is 23.7 Å². The van der Waals surface area contributed by atoms with Crippen molar-refractivity contribution in [3.63, 3.8) is 0 Å². The third-order valence-electron chi connectivity index (χ3n) is 3.43. The van der Waals surface area contributed by atoms with Crippen LogP contribution >= 0.6 is 11.8 Å². The van der Waals surface area contributed by atoms with Gasteiger partial charge in [0, 0.05) is 24.1 Å². The van der Waals surface area contributed by atoms with Crippen LogP contribution in [0.5, 0.6) is 0 Å². The van der Waals surface area contributed by atoms with Crippen molar-refractivity contribution in [2.24, 2.45) is 5.92 Å². The Morgan fingerprint density at radius 1 is 1.42 bits per heavy atom. The molecule has 1 aromatic rings. The Morgan fingerprint density at radius 3 is 2.95 bits per heavy atom. The van der Waals surface area contributed by atoms with Crippen molar-refractivity contribution in [2.75, 3.05) is 24.6 Å². The average Bonchev–Trinajstić information content (AvgIpc) is 2.79. The molecule has 1 aromatic heterocycles. The minimum absolute atomic E-state index is 0.659. The normalized spacial score (nSPS) is 21.2. The second-order valence-corrected chi connectivity index (χ2v) is 6.94. The molecule has 108 valence electrons. The zero-order valence-corrected chi connectivity index (χ0v) is 13.1. The monoisotopic (exact) mass is 282 g/mol. The zero-order valence-electron chi connectivity index (χ0n) is 12.3. The van der Waals surface area contributed by atoms with Crippen molar-refractivity contribution >= 4 is 11.8 Å². The highest BCUT2D eigenvalue weighted by Gasteiger charge is 2.19. The number of thioether (sulfide) groups is 1. The molecule has 1 unspecified atom stereocenters. The molecule has 4 heteroatoms. The Bertz CT molecular complexity index is 378. The summed E-state index contributed by atoms with van der Waals surface area (Å²) < 4.78 is 5.91. The van der Waals surface area contributed by atoms with E-state index >= 15 is 0 Å². The topological polar surface area (TPSA) is 28.4 Å². The summed E-state index contributed by atoms with van der Waals surface area (Å²) in [7, 11) is 0. The maximum atomic E-state index is 5.91. The molecule has 1 N–H and O–H groups in total. The number of hydrogen-bond acceptors (Lipinski definition) is 4. The standard InChI is InChI=1S/C15H26N2OS/c1-12(2)8-16-9-14-4-5-15(18-14)10-17-6-7-19-11-13(17)3/h4-5,12-13,16H,6-11H2,1-3H3. The van der Waals surface area contributed by atoms with E-state index in [9.17, 15) is 0 Å². The molecule has 1 atom stereocenters. The maximum absolute atomic E-state index is 5.91. The van der Waals surface area contributed by atoms with Crippen molar-refractivity contribution in [1.82, 2.24) is 10.2 Å². The summed E-state index contributed by atoms with van der Waals surface area (Å²) in [5, 5.41) is 3.42. The second kappa shape index (κ2) is 7.36. The Morgan fingerprint density at radius 2 is 2.21 bits per heavy atom. The maximum Gasteiger partial charge on any atom is 0.118 e. The van der Waals surface area contributed by atoms with Gasteiger partial charge in [0.15, 0.2) is 0 Å². The van der Waals surface area contributed by atoms with Gasteiger partial charge in [0.05, 0.1) is 13.1 Å². The van der Waals surface area contributed by atoms with Gasteiger partial charge in [-0.05, 0) is 31.5 Å². The van der Waals surface area contributed by atoms with Crippen molar-refractivity contribution in [3.8, 4) is 0 Å². The Labute approximate surface area is 121 Å². The molecule has 0 aliphatic carbocycles. The third kappa shape index (κ3) is 4.86. The number of nitrogens with zero attached hydrogens (tertiary/aromatic N) is 1. The summed E-state index contributed by atoms with van der Waals surface area (Å²) in [6, 6.07) is 4.89. The lowest BCUT2D eigenvalue weighted by Gasteiger charge is -2.32. The molecule has 0 bridgehead atoms. The van der Waals surface area contributed by atoms with Crippen LogP contribution in [-0.2, 0) is 13.1 Å². The summed E-state index contributed by atoms with van der Waals surface area (Å²) in [6.45, 7) is 10.7. The Balaban J connectivity index is 1.79. The van der Waals surface area contributed by atoms with E-state index in [-0.39, 0.29) is 0 Å². The molecule has 2 heterocycles. The largest absolute Gasteiger partial charge is 0.463 e. The minimum atomic E-state index is 0.659. The van der Waals surface area contributed by atoms with E-state index in [1.54, 1.807) is 0 Å². The summed E-state index contributed by atoms with van der Waals surface area (Å²) >= 11 is 2.05. The highest BCUT2D eigenvalue weighted by molar-refractivity contribution is 7.99. The second-order valence-electron chi connectivity index (χ2n) is 5.79. The Kier molecular flexibility index (Phi) is 5.79. The van der Waals surface area contributed by atoms with Crippen LogP contribution in [0.1, 0.15) is 32.3 Å². The molecule has 1 fully saturated rings. The Hall–Kier alpha value is -0.450. The van der Waals surface area contributed by atoms with Crippen LogP contribution in [0.4, 0.5) is 0 Å². The highest BCUT2D eigenvalue weighted by atomic mass is 32.2. The average molecular weight is 282 g/mol. The highest BCUT2D eigenvalue weighted by Crippen LogP contribution is 2.19. The molecule has 1 saturated heterocycles. The summed E-state index contributed by atoms with van der Waals surface area (Å²) in [4.78, 5) is 2.51. The quantitative estimate of drug-likeness (QED) is 0.868. The van der Waals surface area contributed by atoms with Crippen LogP contribution in [0.3, 0.4) is 0 Å². The molecular formula is C15H26N2OS. The molecule has 0 radical (unpaired) electrons. The predicted octanol–water partition coefficient (Wildman–Crippen LogP) is 2.96. The molecular weight excluding hydrogens is 256 g/mol. The van der Waals surface area contributed by atoms with Gasteiger partial charge in [0.2, 0.25) is 0 Å². The van der Waals surface area contributed by atoms with Crippen LogP contribution in [0, 0.1) is 5.92 Å². The van der Waals surface area contributed by atoms with E-state index in [0.717, 1.165) is 31.2 Å². The molecule has 1 aliphatic heterocycles. The zero-order chi connectivity index (χ0) is 13.7. The fourth-order valence-corrected chi connectivity index (χ4v) is 3.37. The van der Waals surface area contributed by atoms with E-state index in [0.29, 0.717) is 12.0 Å². The molecule has 0 saturated carbocycles. The van der Waals surface area contributed by atoms with Crippen molar-refractivity contribution in [1.29, 1.82) is 0 Å².